The third-order valence-electron chi connectivity index (χ3n) is 5.35. The van der Waals surface area contributed by atoms with E-state index in [0.29, 0.717) is 6.61 Å². The van der Waals surface area contributed by atoms with Crippen molar-refractivity contribution in [3.8, 4) is 5.75 Å². The fourth-order valence-electron chi connectivity index (χ4n) is 3.61. The minimum Gasteiger partial charge on any atom is -0.494 e. The molecule has 0 bridgehead atoms. The minimum atomic E-state index is -0.518. The Morgan fingerprint density at radius 3 is 2.42 bits per heavy atom. The lowest BCUT2D eigenvalue weighted by Crippen LogP contribution is -2.36. The number of amides is 2. The topological polar surface area (TPSA) is 84.9 Å². The van der Waals surface area contributed by atoms with Crippen molar-refractivity contribution in [2.45, 2.75) is 32.7 Å². The normalized spacial score (nSPS) is 16.7. The zero-order chi connectivity index (χ0) is 22.4. The highest BCUT2D eigenvalue weighted by molar-refractivity contribution is 6.00. The van der Waals surface area contributed by atoms with E-state index in [1.54, 1.807) is 4.90 Å². The molecule has 1 N–H and O–H groups in total. The molecule has 2 amide bonds. The van der Waals surface area contributed by atoms with E-state index in [-0.39, 0.29) is 31.2 Å². The molecular weight excluding hydrogens is 396 g/mol. The lowest BCUT2D eigenvalue weighted by atomic mass is 10.0. The van der Waals surface area contributed by atoms with Crippen LogP contribution in [-0.2, 0) is 19.1 Å². The number of esters is 1. The van der Waals surface area contributed by atoms with Gasteiger partial charge in [0.05, 0.1) is 32.1 Å². The third kappa shape index (κ3) is 5.63. The summed E-state index contributed by atoms with van der Waals surface area (Å²) in [7, 11) is 1.32. The number of hydrogen-bond donors (Lipinski definition) is 1. The molecule has 1 aliphatic heterocycles. The second-order valence-electron chi connectivity index (χ2n) is 7.58. The van der Waals surface area contributed by atoms with E-state index in [1.165, 1.54) is 7.11 Å². The van der Waals surface area contributed by atoms with E-state index in [4.69, 9.17) is 9.47 Å². The van der Waals surface area contributed by atoms with Crippen molar-refractivity contribution in [2.24, 2.45) is 5.92 Å². The van der Waals surface area contributed by atoms with Gasteiger partial charge in [0, 0.05) is 18.7 Å². The largest absolute Gasteiger partial charge is 0.494 e. The molecule has 0 aliphatic carbocycles. The lowest BCUT2D eigenvalue weighted by molar-refractivity contribution is -0.141. The molecule has 2 unspecified atom stereocenters. The highest BCUT2D eigenvalue weighted by atomic mass is 16.5. The molecule has 2 atom stereocenters. The summed E-state index contributed by atoms with van der Waals surface area (Å²) in [5, 5.41) is 2.94. The quantitative estimate of drug-likeness (QED) is 0.658. The Morgan fingerprint density at radius 2 is 1.81 bits per heavy atom. The zero-order valence-electron chi connectivity index (χ0n) is 18.1. The number of aryl methyl sites for hydroxylation is 1. The Balaban J connectivity index is 1.69. The fourth-order valence-corrected chi connectivity index (χ4v) is 3.61. The molecule has 1 heterocycles. The maximum absolute atomic E-state index is 13.0. The van der Waals surface area contributed by atoms with Gasteiger partial charge in [-0.05, 0) is 43.7 Å². The highest BCUT2D eigenvalue weighted by Crippen LogP contribution is 2.28. The Hall–Kier alpha value is -3.35. The number of hydrogen-bond acceptors (Lipinski definition) is 5. The van der Waals surface area contributed by atoms with E-state index in [1.807, 2.05) is 62.4 Å². The Morgan fingerprint density at radius 1 is 1.13 bits per heavy atom. The summed E-state index contributed by atoms with van der Waals surface area (Å²) in [6.07, 6.45) is 0.145. The summed E-state index contributed by atoms with van der Waals surface area (Å²) >= 11 is 0. The average molecular weight is 424 g/mol. The number of rotatable bonds is 8. The maximum atomic E-state index is 13.0. The monoisotopic (exact) mass is 424 g/mol. The summed E-state index contributed by atoms with van der Waals surface area (Å²) < 4.78 is 10.2. The first-order valence-corrected chi connectivity index (χ1v) is 10.4. The average Bonchev–Trinajstić information content (AvgIpc) is 3.16. The van der Waals surface area contributed by atoms with Crippen LogP contribution in [0.1, 0.15) is 36.9 Å². The predicted molar refractivity (Wildman–Crippen MR) is 117 cm³/mol. The number of carbonyl (C=O) groups is 3. The summed E-state index contributed by atoms with van der Waals surface area (Å²) in [6, 6.07) is 14.4. The molecule has 31 heavy (non-hydrogen) atoms. The van der Waals surface area contributed by atoms with Gasteiger partial charge in [0.25, 0.3) is 0 Å². The number of ether oxygens (including phenoxy) is 2. The van der Waals surface area contributed by atoms with E-state index in [2.05, 4.69) is 5.32 Å². The zero-order valence-corrected chi connectivity index (χ0v) is 18.1. The molecule has 0 aromatic heterocycles. The Kier molecular flexibility index (Phi) is 7.28. The smallest absolute Gasteiger partial charge is 0.307 e. The second kappa shape index (κ2) is 10.1. The fraction of sp³-hybridized carbons (Fsp3) is 0.375. The van der Waals surface area contributed by atoms with E-state index in [9.17, 15) is 14.4 Å². The van der Waals surface area contributed by atoms with Crippen LogP contribution in [-0.4, -0.2) is 38.0 Å². The van der Waals surface area contributed by atoms with Gasteiger partial charge in [0.15, 0.2) is 0 Å². The second-order valence-corrected chi connectivity index (χ2v) is 7.58. The number of nitrogens with zero attached hydrogens (tertiary/aromatic N) is 1. The van der Waals surface area contributed by atoms with Crippen molar-refractivity contribution in [2.75, 3.05) is 25.2 Å². The van der Waals surface area contributed by atoms with Crippen molar-refractivity contribution in [3.63, 3.8) is 0 Å². The maximum Gasteiger partial charge on any atom is 0.307 e. The van der Waals surface area contributed by atoms with Gasteiger partial charge in [0.1, 0.15) is 5.75 Å². The van der Waals surface area contributed by atoms with Crippen molar-refractivity contribution >= 4 is 23.5 Å². The number of carbonyl (C=O) groups excluding carboxylic acids is 3. The molecule has 0 radical (unpaired) electrons. The number of methoxy groups -OCH3 is 1. The van der Waals surface area contributed by atoms with Crippen LogP contribution in [0.5, 0.6) is 5.75 Å². The van der Waals surface area contributed by atoms with Crippen molar-refractivity contribution in [1.29, 1.82) is 0 Å². The van der Waals surface area contributed by atoms with Crippen LogP contribution in [0.25, 0.3) is 0 Å². The van der Waals surface area contributed by atoms with Crippen LogP contribution in [0.15, 0.2) is 48.5 Å². The van der Waals surface area contributed by atoms with Gasteiger partial charge < -0.3 is 19.7 Å². The van der Waals surface area contributed by atoms with Crippen LogP contribution in [0.4, 0.5) is 5.69 Å². The van der Waals surface area contributed by atoms with Crippen LogP contribution in [0, 0.1) is 12.8 Å². The van der Waals surface area contributed by atoms with Gasteiger partial charge in [-0.2, -0.15) is 0 Å². The molecule has 3 rings (SSSR count). The SMILES string of the molecule is CCOc1ccc(N2CC(C(=O)NC(CC(=O)OC)c3ccc(C)cc3)CC2=O)cc1. The summed E-state index contributed by atoms with van der Waals surface area (Å²) in [4.78, 5) is 39.0. The van der Waals surface area contributed by atoms with Gasteiger partial charge in [-0.1, -0.05) is 29.8 Å². The van der Waals surface area contributed by atoms with Crippen LogP contribution in [0.3, 0.4) is 0 Å². The van der Waals surface area contributed by atoms with Crippen molar-refractivity contribution in [3.05, 3.63) is 59.7 Å². The molecule has 1 fully saturated rings. The molecular formula is C24H28N2O5. The predicted octanol–water partition coefficient (Wildman–Crippen LogP) is 3.17. The highest BCUT2D eigenvalue weighted by Gasteiger charge is 2.36. The van der Waals surface area contributed by atoms with Gasteiger partial charge in [-0.25, -0.2) is 0 Å². The number of nitrogens with one attached hydrogen (secondary N) is 1. The molecule has 1 saturated heterocycles. The summed E-state index contributed by atoms with van der Waals surface area (Å²) in [6.45, 7) is 4.73. The molecule has 164 valence electrons. The Labute approximate surface area is 182 Å². The van der Waals surface area contributed by atoms with Crippen molar-refractivity contribution < 1.29 is 23.9 Å². The Bertz CT molecular complexity index is 924. The summed E-state index contributed by atoms with van der Waals surface area (Å²) in [5.41, 5.74) is 2.63. The standard InChI is InChI=1S/C24H28N2O5/c1-4-31-20-11-9-19(10-12-20)26-15-18(13-22(26)27)24(29)25-21(14-23(28)30-3)17-7-5-16(2)6-8-17/h5-12,18,21H,4,13-15H2,1-3H3,(H,25,29). The van der Waals surface area contributed by atoms with E-state index < -0.39 is 17.9 Å². The molecule has 0 spiro atoms. The minimum absolute atomic E-state index is 0.0224. The van der Waals surface area contributed by atoms with Crippen LogP contribution >= 0.6 is 0 Å². The molecule has 2 aromatic rings. The van der Waals surface area contributed by atoms with Crippen molar-refractivity contribution in [1.82, 2.24) is 5.32 Å². The van der Waals surface area contributed by atoms with Gasteiger partial charge in [-0.3, -0.25) is 14.4 Å². The number of anilines is 1. The van der Waals surface area contributed by atoms with E-state index in [0.717, 1.165) is 22.6 Å². The van der Waals surface area contributed by atoms with Gasteiger partial charge >= 0.3 is 5.97 Å². The third-order valence-corrected chi connectivity index (χ3v) is 5.35. The van der Waals surface area contributed by atoms with Gasteiger partial charge in [0.2, 0.25) is 11.8 Å². The molecule has 2 aromatic carbocycles. The molecule has 1 aliphatic rings. The van der Waals surface area contributed by atoms with E-state index >= 15 is 0 Å². The first-order chi connectivity index (χ1) is 14.9. The first kappa shape index (κ1) is 22.3. The molecule has 7 heteroatoms. The van der Waals surface area contributed by atoms with Crippen LogP contribution in [0.2, 0.25) is 0 Å². The van der Waals surface area contributed by atoms with Gasteiger partial charge in [-0.15, -0.1) is 0 Å². The lowest BCUT2D eigenvalue weighted by Gasteiger charge is -2.21. The number of benzene rings is 2. The molecule has 7 nitrogen and oxygen atoms in total. The summed E-state index contributed by atoms with van der Waals surface area (Å²) in [5.74, 6) is -0.537. The first-order valence-electron chi connectivity index (χ1n) is 10.4. The van der Waals surface area contributed by atoms with Crippen LogP contribution < -0.4 is 15.0 Å². The molecule has 0 saturated carbocycles.